The van der Waals surface area contributed by atoms with Gasteiger partial charge in [0.25, 0.3) is 11.8 Å². The van der Waals surface area contributed by atoms with E-state index >= 15 is 0 Å². The van der Waals surface area contributed by atoms with Crippen LogP contribution in [0.25, 0.3) is 6.08 Å². The van der Waals surface area contributed by atoms with Crippen LogP contribution in [0, 0.1) is 6.92 Å². The summed E-state index contributed by atoms with van der Waals surface area (Å²) in [6.45, 7) is 1.86. The van der Waals surface area contributed by atoms with Crippen molar-refractivity contribution >= 4 is 17.9 Å². The summed E-state index contributed by atoms with van der Waals surface area (Å²) in [7, 11) is 1.65. The summed E-state index contributed by atoms with van der Waals surface area (Å²) in [4.78, 5) is 26.2. The van der Waals surface area contributed by atoms with E-state index in [0.29, 0.717) is 11.3 Å². The molecule has 0 spiro atoms. The molecule has 6 nitrogen and oxygen atoms in total. The van der Waals surface area contributed by atoms with Crippen LogP contribution < -0.4 is 15.4 Å². The Morgan fingerprint density at radius 1 is 1.12 bits per heavy atom. The van der Waals surface area contributed by atoms with Crippen LogP contribution in [0.5, 0.6) is 5.75 Å². The second-order valence-corrected chi connectivity index (χ2v) is 7.83. The maximum atomic E-state index is 13.3. The Kier molecular flexibility index (Phi) is 6.40. The van der Waals surface area contributed by atoms with Gasteiger partial charge in [0.05, 0.1) is 19.4 Å². The normalized spacial score (nSPS) is 15.6. The number of carbonyl (C=O) groups excluding carboxylic acids is 2. The molecule has 164 valence electrons. The molecule has 0 fully saturated rings. The maximum absolute atomic E-state index is 13.3. The van der Waals surface area contributed by atoms with Gasteiger partial charge in [-0.15, -0.1) is 0 Å². The van der Waals surface area contributed by atoms with Crippen LogP contribution in [-0.4, -0.2) is 18.9 Å². The van der Waals surface area contributed by atoms with Crippen molar-refractivity contribution in [3.05, 3.63) is 94.6 Å². The first-order valence-corrected chi connectivity index (χ1v) is 10.6. The fourth-order valence-corrected chi connectivity index (χ4v) is 3.99. The molecule has 2 amide bonds. The minimum absolute atomic E-state index is 0.133. The number of nitrogens with one attached hydrogen (secondary N) is 2. The molecule has 1 aliphatic rings. The van der Waals surface area contributed by atoms with E-state index < -0.39 is 0 Å². The Hall–Kier alpha value is -3.80. The first kappa shape index (κ1) is 21.4. The second kappa shape index (κ2) is 9.56. The van der Waals surface area contributed by atoms with Crippen molar-refractivity contribution in [3.8, 4) is 5.75 Å². The van der Waals surface area contributed by atoms with Gasteiger partial charge in [-0.25, -0.2) is 0 Å². The molecule has 32 heavy (non-hydrogen) atoms. The predicted molar refractivity (Wildman–Crippen MR) is 122 cm³/mol. The summed E-state index contributed by atoms with van der Waals surface area (Å²) in [5.74, 6) is 0.579. The van der Waals surface area contributed by atoms with E-state index in [0.717, 1.165) is 36.1 Å². The summed E-state index contributed by atoms with van der Waals surface area (Å²) in [5.41, 5.74) is 3.72. The van der Waals surface area contributed by atoms with E-state index in [2.05, 4.69) is 10.6 Å². The molecule has 0 aliphatic heterocycles. The minimum Gasteiger partial charge on any atom is -0.497 e. The largest absolute Gasteiger partial charge is 0.497 e. The maximum Gasteiger partial charge on any atom is 0.268 e. The zero-order valence-corrected chi connectivity index (χ0v) is 18.2. The molecular weight excluding hydrogens is 404 g/mol. The van der Waals surface area contributed by atoms with Crippen molar-refractivity contribution < 1.29 is 18.7 Å². The molecule has 0 unspecified atom stereocenters. The number of rotatable bonds is 6. The van der Waals surface area contributed by atoms with E-state index in [1.165, 1.54) is 11.8 Å². The Morgan fingerprint density at radius 3 is 2.72 bits per heavy atom. The molecule has 1 aliphatic carbocycles. The Bertz CT molecular complexity index is 1150. The summed E-state index contributed by atoms with van der Waals surface area (Å²) >= 11 is 0. The zero-order valence-electron chi connectivity index (χ0n) is 18.2. The van der Waals surface area contributed by atoms with Crippen molar-refractivity contribution in [1.29, 1.82) is 0 Å². The highest BCUT2D eigenvalue weighted by Gasteiger charge is 2.25. The number of methoxy groups -OCH3 is 1. The molecule has 4 rings (SSSR count). The van der Waals surface area contributed by atoms with Crippen LogP contribution in [0.3, 0.4) is 0 Å². The Labute approximate surface area is 187 Å². The lowest BCUT2D eigenvalue weighted by Crippen LogP contribution is -2.38. The lowest BCUT2D eigenvalue weighted by molar-refractivity contribution is -0.118. The first-order chi connectivity index (χ1) is 15.5. The molecular formula is C26H26N2O4. The van der Waals surface area contributed by atoms with Gasteiger partial charge in [0.1, 0.15) is 17.2 Å². The lowest BCUT2D eigenvalue weighted by atomic mass is 9.87. The van der Waals surface area contributed by atoms with Gasteiger partial charge in [0.2, 0.25) is 0 Å². The summed E-state index contributed by atoms with van der Waals surface area (Å²) in [6, 6.07) is 16.5. The number of fused-ring (bicyclic) bond motifs is 1. The summed E-state index contributed by atoms with van der Waals surface area (Å²) in [5, 5.41) is 5.87. The SMILES string of the molecule is COc1ccc2c(c1)CCC[C@H]2NC(=O)/C(=C/c1ccco1)NC(=O)c1ccccc1C. The van der Waals surface area contributed by atoms with E-state index in [1.807, 2.05) is 37.3 Å². The van der Waals surface area contributed by atoms with Crippen molar-refractivity contribution in [2.45, 2.75) is 32.2 Å². The number of benzene rings is 2. The highest BCUT2D eigenvalue weighted by atomic mass is 16.5. The molecule has 0 bridgehead atoms. The number of hydrogen-bond acceptors (Lipinski definition) is 4. The lowest BCUT2D eigenvalue weighted by Gasteiger charge is -2.27. The third kappa shape index (κ3) is 4.75. The van der Waals surface area contributed by atoms with Crippen LogP contribution in [0.2, 0.25) is 0 Å². The molecule has 3 aromatic rings. The van der Waals surface area contributed by atoms with Crippen LogP contribution in [-0.2, 0) is 11.2 Å². The van der Waals surface area contributed by atoms with Crippen LogP contribution in [0.4, 0.5) is 0 Å². The third-order valence-corrected chi connectivity index (χ3v) is 5.68. The fraction of sp³-hybridized carbons (Fsp3) is 0.231. The summed E-state index contributed by atoms with van der Waals surface area (Å²) in [6.07, 6.45) is 5.79. The minimum atomic E-state index is -0.364. The molecule has 1 heterocycles. The first-order valence-electron chi connectivity index (χ1n) is 10.6. The molecule has 2 aromatic carbocycles. The van der Waals surface area contributed by atoms with Gasteiger partial charge >= 0.3 is 0 Å². The smallest absolute Gasteiger partial charge is 0.268 e. The van der Waals surface area contributed by atoms with Crippen LogP contribution >= 0.6 is 0 Å². The standard InChI is InChI=1S/C26H26N2O4/c1-17-7-3-4-10-21(17)25(29)28-24(16-20-9-6-14-32-20)26(30)27-23-11-5-8-18-15-19(31-2)12-13-22(18)23/h3-4,6-7,9-10,12-16,23H,5,8,11H2,1-2H3,(H,27,30)(H,28,29)/b24-16-/t23-/m1/s1. The van der Waals surface area contributed by atoms with E-state index in [4.69, 9.17) is 9.15 Å². The Balaban J connectivity index is 1.58. The molecule has 6 heteroatoms. The van der Waals surface area contributed by atoms with Crippen molar-refractivity contribution in [2.24, 2.45) is 0 Å². The molecule has 1 aromatic heterocycles. The number of ether oxygens (including phenoxy) is 1. The Morgan fingerprint density at radius 2 is 1.97 bits per heavy atom. The highest BCUT2D eigenvalue weighted by Crippen LogP contribution is 2.32. The topological polar surface area (TPSA) is 80.6 Å². The van der Waals surface area contributed by atoms with Gasteiger partial charge in [-0.3, -0.25) is 9.59 Å². The third-order valence-electron chi connectivity index (χ3n) is 5.68. The van der Waals surface area contributed by atoms with Gasteiger partial charge in [0.15, 0.2) is 0 Å². The van der Waals surface area contributed by atoms with E-state index in [-0.39, 0.29) is 23.6 Å². The van der Waals surface area contributed by atoms with E-state index in [9.17, 15) is 9.59 Å². The quantitative estimate of drug-likeness (QED) is 0.562. The van der Waals surface area contributed by atoms with Gasteiger partial charge < -0.3 is 19.8 Å². The monoisotopic (exact) mass is 430 g/mol. The molecule has 0 saturated heterocycles. The van der Waals surface area contributed by atoms with Crippen LogP contribution in [0.1, 0.15) is 51.7 Å². The predicted octanol–water partition coefficient (Wildman–Crippen LogP) is 4.56. The number of aryl methyl sites for hydroxylation is 2. The van der Waals surface area contributed by atoms with Crippen molar-refractivity contribution in [1.82, 2.24) is 10.6 Å². The number of amides is 2. The molecule has 0 saturated carbocycles. The van der Waals surface area contributed by atoms with Crippen LogP contribution in [0.15, 0.2) is 71.0 Å². The van der Waals surface area contributed by atoms with Gasteiger partial charge in [-0.05, 0) is 73.2 Å². The number of furan rings is 1. The van der Waals surface area contributed by atoms with Crippen molar-refractivity contribution in [2.75, 3.05) is 7.11 Å². The summed E-state index contributed by atoms with van der Waals surface area (Å²) < 4.78 is 10.7. The van der Waals surface area contributed by atoms with Crippen molar-refractivity contribution in [3.63, 3.8) is 0 Å². The van der Waals surface area contributed by atoms with E-state index in [1.54, 1.807) is 37.5 Å². The van der Waals surface area contributed by atoms with Gasteiger partial charge in [-0.1, -0.05) is 24.3 Å². The van der Waals surface area contributed by atoms with Gasteiger partial charge in [-0.2, -0.15) is 0 Å². The number of hydrogen-bond donors (Lipinski definition) is 2. The highest BCUT2D eigenvalue weighted by molar-refractivity contribution is 6.05. The number of carbonyl (C=O) groups is 2. The average Bonchev–Trinajstić information content (AvgIpc) is 3.32. The zero-order chi connectivity index (χ0) is 22.5. The molecule has 1 atom stereocenters. The molecule has 0 radical (unpaired) electrons. The van der Waals surface area contributed by atoms with Gasteiger partial charge in [0, 0.05) is 11.6 Å². The molecule has 2 N–H and O–H groups in total. The average molecular weight is 431 g/mol. The fourth-order valence-electron chi connectivity index (χ4n) is 3.99. The second-order valence-electron chi connectivity index (χ2n) is 7.83.